The predicted octanol–water partition coefficient (Wildman–Crippen LogP) is 3.80. The van der Waals surface area contributed by atoms with Crippen LogP contribution in [0.15, 0.2) is 42.6 Å². The van der Waals surface area contributed by atoms with Crippen LogP contribution in [0.5, 0.6) is 0 Å². The van der Waals surface area contributed by atoms with E-state index >= 15 is 0 Å². The molecule has 4 rings (SSSR count). The molecule has 0 aliphatic carbocycles. The van der Waals surface area contributed by atoms with Crippen LogP contribution in [0.1, 0.15) is 28.8 Å². The molecule has 1 aliphatic heterocycles. The fraction of sp³-hybridized carbons (Fsp3) is 0.261. The zero-order valence-corrected chi connectivity index (χ0v) is 17.1. The normalized spacial score (nSPS) is 14.6. The second kappa shape index (κ2) is 8.22. The molecular weight excluding hydrogens is 399 g/mol. The lowest BCUT2D eigenvalue weighted by Gasteiger charge is -2.30. The van der Waals surface area contributed by atoms with E-state index in [1.807, 2.05) is 13.0 Å². The SMILES string of the molecule is Cc1cccc(F)c1-c1cc(C(=O)NC2CCN(C(=O)O)CC2)c2cc(N)ncc2c1. The highest BCUT2D eigenvalue weighted by molar-refractivity contribution is 6.09. The third-order valence-electron chi connectivity index (χ3n) is 5.71. The number of hydrogen-bond acceptors (Lipinski definition) is 4. The van der Waals surface area contributed by atoms with Gasteiger partial charge in [0.2, 0.25) is 0 Å². The van der Waals surface area contributed by atoms with Gasteiger partial charge in [-0.2, -0.15) is 0 Å². The number of aromatic nitrogens is 1. The topological polar surface area (TPSA) is 109 Å². The Bertz CT molecular complexity index is 1150. The number of benzene rings is 2. The Morgan fingerprint density at radius 2 is 1.97 bits per heavy atom. The van der Waals surface area contributed by atoms with Gasteiger partial charge in [-0.15, -0.1) is 0 Å². The number of pyridine rings is 1. The number of carbonyl (C=O) groups is 2. The van der Waals surface area contributed by atoms with Crippen LogP contribution in [0.25, 0.3) is 21.9 Å². The molecule has 1 saturated heterocycles. The van der Waals surface area contributed by atoms with E-state index in [0.717, 1.165) is 5.56 Å². The number of aryl methyl sites for hydroxylation is 1. The molecule has 2 amide bonds. The monoisotopic (exact) mass is 422 g/mol. The number of nitrogens with two attached hydrogens (primary N) is 1. The Kier molecular flexibility index (Phi) is 5.46. The molecule has 0 atom stereocenters. The van der Waals surface area contributed by atoms with Gasteiger partial charge in [-0.05, 0) is 60.5 Å². The van der Waals surface area contributed by atoms with E-state index in [1.165, 1.54) is 11.0 Å². The van der Waals surface area contributed by atoms with Crippen LogP contribution in [-0.4, -0.2) is 46.1 Å². The number of nitrogen functional groups attached to an aromatic ring is 1. The molecule has 1 aliphatic rings. The second-order valence-corrected chi connectivity index (χ2v) is 7.80. The minimum atomic E-state index is -0.952. The minimum absolute atomic E-state index is 0.142. The lowest BCUT2D eigenvalue weighted by Crippen LogP contribution is -2.46. The summed E-state index contributed by atoms with van der Waals surface area (Å²) in [6.07, 6.45) is 1.69. The van der Waals surface area contributed by atoms with Crippen molar-refractivity contribution in [2.75, 3.05) is 18.8 Å². The van der Waals surface area contributed by atoms with Crippen LogP contribution in [0, 0.1) is 12.7 Å². The number of carboxylic acid groups (broad SMARTS) is 1. The third kappa shape index (κ3) is 4.14. The molecule has 0 saturated carbocycles. The molecule has 8 heteroatoms. The van der Waals surface area contributed by atoms with Crippen LogP contribution < -0.4 is 11.1 Å². The molecule has 0 bridgehead atoms. The average molecular weight is 422 g/mol. The largest absolute Gasteiger partial charge is 0.465 e. The van der Waals surface area contributed by atoms with Gasteiger partial charge in [-0.1, -0.05) is 12.1 Å². The number of halogens is 1. The van der Waals surface area contributed by atoms with Gasteiger partial charge >= 0.3 is 6.09 Å². The fourth-order valence-corrected chi connectivity index (χ4v) is 4.08. The first-order valence-electron chi connectivity index (χ1n) is 10.1. The van der Waals surface area contributed by atoms with Crippen molar-refractivity contribution in [3.63, 3.8) is 0 Å². The van der Waals surface area contributed by atoms with E-state index in [0.29, 0.717) is 53.4 Å². The van der Waals surface area contributed by atoms with Crippen molar-refractivity contribution in [2.24, 2.45) is 0 Å². The van der Waals surface area contributed by atoms with Gasteiger partial charge < -0.3 is 21.1 Å². The van der Waals surface area contributed by atoms with Gasteiger partial charge in [0.15, 0.2) is 0 Å². The van der Waals surface area contributed by atoms with Crippen LogP contribution in [-0.2, 0) is 0 Å². The highest BCUT2D eigenvalue weighted by Gasteiger charge is 2.25. The van der Waals surface area contributed by atoms with E-state index < -0.39 is 6.09 Å². The van der Waals surface area contributed by atoms with Crippen LogP contribution in [0.4, 0.5) is 15.0 Å². The fourth-order valence-electron chi connectivity index (χ4n) is 4.08. The Morgan fingerprint density at radius 3 is 2.65 bits per heavy atom. The van der Waals surface area contributed by atoms with Crippen molar-refractivity contribution in [3.8, 4) is 11.1 Å². The van der Waals surface area contributed by atoms with Crippen LogP contribution in [0.2, 0.25) is 0 Å². The maximum absolute atomic E-state index is 14.6. The number of anilines is 1. The Morgan fingerprint density at radius 1 is 1.23 bits per heavy atom. The lowest BCUT2D eigenvalue weighted by atomic mass is 9.94. The minimum Gasteiger partial charge on any atom is -0.465 e. The first-order chi connectivity index (χ1) is 14.8. The molecule has 31 heavy (non-hydrogen) atoms. The summed E-state index contributed by atoms with van der Waals surface area (Å²) in [4.78, 5) is 29.8. The number of carbonyl (C=O) groups excluding carboxylic acids is 1. The van der Waals surface area contributed by atoms with Crippen molar-refractivity contribution in [1.82, 2.24) is 15.2 Å². The number of fused-ring (bicyclic) bond motifs is 1. The molecule has 1 aromatic heterocycles. The molecule has 7 nitrogen and oxygen atoms in total. The van der Waals surface area contributed by atoms with Crippen molar-refractivity contribution in [3.05, 3.63) is 59.5 Å². The molecule has 2 aromatic carbocycles. The number of likely N-dealkylation sites (tertiary alicyclic amines) is 1. The standard InChI is InChI=1S/C23H23FN4O3/c1-13-3-2-4-19(24)21(13)14-9-15-12-26-20(25)11-17(15)18(10-14)22(29)27-16-5-7-28(8-6-16)23(30)31/h2-4,9-12,16H,5-8H2,1H3,(H2,25,26)(H,27,29)(H,30,31). The van der Waals surface area contributed by atoms with Crippen molar-refractivity contribution < 1.29 is 19.1 Å². The number of amides is 2. The summed E-state index contributed by atoms with van der Waals surface area (Å²) in [6.45, 7) is 2.55. The summed E-state index contributed by atoms with van der Waals surface area (Å²) >= 11 is 0. The maximum Gasteiger partial charge on any atom is 0.407 e. The number of hydrogen-bond donors (Lipinski definition) is 3. The maximum atomic E-state index is 14.6. The highest BCUT2D eigenvalue weighted by Crippen LogP contribution is 2.32. The number of piperidine rings is 1. The summed E-state index contributed by atoms with van der Waals surface area (Å²) in [7, 11) is 0. The smallest absolute Gasteiger partial charge is 0.407 e. The van der Waals surface area contributed by atoms with Crippen molar-refractivity contribution in [2.45, 2.75) is 25.8 Å². The van der Waals surface area contributed by atoms with Crippen LogP contribution in [0.3, 0.4) is 0 Å². The third-order valence-corrected chi connectivity index (χ3v) is 5.71. The van der Waals surface area contributed by atoms with Gasteiger partial charge in [0, 0.05) is 41.8 Å². The summed E-state index contributed by atoms with van der Waals surface area (Å²) in [6, 6.07) is 9.83. The summed E-state index contributed by atoms with van der Waals surface area (Å²) in [5.41, 5.74) is 8.01. The van der Waals surface area contributed by atoms with E-state index in [2.05, 4.69) is 10.3 Å². The molecule has 4 N–H and O–H groups in total. The lowest BCUT2D eigenvalue weighted by molar-refractivity contribution is 0.0909. The summed E-state index contributed by atoms with van der Waals surface area (Å²) in [5, 5.41) is 13.4. The molecule has 0 unspecified atom stereocenters. The van der Waals surface area contributed by atoms with Gasteiger partial charge in [-0.25, -0.2) is 14.2 Å². The van der Waals surface area contributed by atoms with E-state index in [9.17, 15) is 14.0 Å². The first kappa shape index (κ1) is 20.6. The molecule has 2 heterocycles. The predicted molar refractivity (Wildman–Crippen MR) is 116 cm³/mol. The van der Waals surface area contributed by atoms with E-state index in [-0.39, 0.29) is 23.6 Å². The molecule has 0 radical (unpaired) electrons. The van der Waals surface area contributed by atoms with Gasteiger partial charge in [0.1, 0.15) is 11.6 Å². The second-order valence-electron chi connectivity index (χ2n) is 7.80. The molecule has 160 valence electrons. The van der Waals surface area contributed by atoms with Gasteiger partial charge in [0.25, 0.3) is 5.91 Å². The van der Waals surface area contributed by atoms with E-state index in [4.69, 9.17) is 10.8 Å². The Labute approximate surface area is 178 Å². The highest BCUT2D eigenvalue weighted by atomic mass is 19.1. The Hall–Kier alpha value is -3.68. The number of nitrogens with one attached hydrogen (secondary N) is 1. The molecule has 0 spiro atoms. The molecule has 3 aromatic rings. The zero-order chi connectivity index (χ0) is 22.1. The summed E-state index contributed by atoms with van der Waals surface area (Å²) in [5.74, 6) is -0.387. The number of rotatable bonds is 3. The quantitative estimate of drug-likeness (QED) is 0.595. The Balaban J connectivity index is 1.71. The average Bonchev–Trinajstić information content (AvgIpc) is 2.73. The van der Waals surface area contributed by atoms with E-state index in [1.54, 1.807) is 30.5 Å². The zero-order valence-electron chi connectivity index (χ0n) is 17.1. The first-order valence-corrected chi connectivity index (χ1v) is 10.1. The van der Waals surface area contributed by atoms with Crippen LogP contribution >= 0.6 is 0 Å². The van der Waals surface area contributed by atoms with Crippen molar-refractivity contribution in [1.29, 1.82) is 0 Å². The van der Waals surface area contributed by atoms with Gasteiger partial charge in [0.05, 0.1) is 0 Å². The number of nitrogens with zero attached hydrogens (tertiary/aromatic N) is 2. The van der Waals surface area contributed by atoms with Gasteiger partial charge in [-0.3, -0.25) is 4.79 Å². The van der Waals surface area contributed by atoms with Crippen molar-refractivity contribution >= 4 is 28.6 Å². The molecule has 1 fully saturated rings. The summed E-state index contributed by atoms with van der Waals surface area (Å²) < 4.78 is 14.6. The molecular formula is C23H23FN4O3.